The summed E-state index contributed by atoms with van der Waals surface area (Å²) in [6.07, 6.45) is -0.607. The molecule has 0 aliphatic heterocycles. The third-order valence-electron chi connectivity index (χ3n) is 8.45. The fourth-order valence-electron chi connectivity index (χ4n) is 5.83. The third-order valence-corrected chi connectivity index (χ3v) is 8.45. The van der Waals surface area contributed by atoms with E-state index in [-0.39, 0.29) is 22.0 Å². The Morgan fingerprint density at radius 2 is 1.57 bits per heavy atom. The van der Waals surface area contributed by atoms with E-state index in [1.54, 1.807) is 26.8 Å². The Morgan fingerprint density at radius 1 is 0.838 bits per heavy atom. The van der Waals surface area contributed by atoms with Crippen molar-refractivity contribution in [3.8, 4) is 22.4 Å². The summed E-state index contributed by atoms with van der Waals surface area (Å²) in [4.78, 5) is 4.55. The van der Waals surface area contributed by atoms with E-state index < -0.39 is 18.6 Å². The molecule has 0 unspecified atom stereocenters. The van der Waals surface area contributed by atoms with Crippen LogP contribution >= 0.6 is 0 Å². The second-order valence-corrected chi connectivity index (χ2v) is 12.5. The molecular weight excluding hydrogens is 450 g/mol. The molecule has 188 valence electrons. The van der Waals surface area contributed by atoms with Gasteiger partial charge in [0.1, 0.15) is 11.2 Å². The lowest BCUT2D eigenvalue weighted by molar-refractivity contribution is 0.299. The molecule has 0 radical (unpaired) electrons. The van der Waals surface area contributed by atoms with E-state index in [4.69, 9.17) is 11.3 Å². The van der Waals surface area contributed by atoms with Crippen molar-refractivity contribution in [3.05, 3.63) is 89.1 Å². The molecule has 2 heterocycles. The maximum absolute atomic E-state index is 8.94. The molecule has 0 spiro atoms. The Hall–Kier alpha value is -3.39. The summed E-state index contributed by atoms with van der Waals surface area (Å²) in [6, 6.07) is 20.5. The van der Waals surface area contributed by atoms with Crippen LogP contribution in [0.15, 0.2) is 71.3 Å². The zero-order valence-corrected chi connectivity index (χ0v) is 22.7. The minimum atomic E-state index is -2.50. The van der Waals surface area contributed by atoms with E-state index in [2.05, 4.69) is 69.1 Å². The van der Waals surface area contributed by atoms with Crippen LogP contribution in [0.25, 0.3) is 44.3 Å². The first-order valence-corrected chi connectivity index (χ1v) is 13.0. The molecule has 0 saturated carbocycles. The molecule has 1 aliphatic rings. The Labute approximate surface area is 227 Å². The van der Waals surface area contributed by atoms with E-state index >= 15 is 0 Å². The first-order valence-electron chi connectivity index (χ1n) is 15.5. The van der Waals surface area contributed by atoms with Crippen LogP contribution in [0, 0.1) is 12.3 Å². The average molecular weight is 493 g/mol. The van der Waals surface area contributed by atoms with Gasteiger partial charge in [0.15, 0.2) is 0 Å². The highest BCUT2D eigenvalue weighted by atomic mass is 16.3. The third kappa shape index (κ3) is 3.56. The van der Waals surface area contributed by atoms with Crippen LogP contribution < -0.4 is 0 Å². The molecule has 2 aromatic heterocycles. The Bertz CT molecular complexity index is 1890. The summed E-state index contributed by atoms with van der Waals surface area (Å²) >= 11 is 0. The Balaban J connectivity index is 1.62. The van der Waals surface area contributed by atoms with Crippen molar-refractivity contribution in [2.45, 2.75) is 72.5 Å². The molecule has 0 atom stereocenters. The highest BCUT2D eigenvalue weighted by Gasteiger charge is 2.46. The van der Waals surface area contributed by atoms with Crippen molar-refractivity contribution in [1.29, 1.82) is 0 Å². The normalized spacial score (nSPS) is 18.8. The Kier molecular flexibility index (Phi) is 3.96. The molecule has 37 heavy (non-hydrogen) atoms. The minimum Gasteiger partial charge on any atom is -0.455 e. The molecule has 0 fully saturated rings. The molecule has 3 aromatic carbocycles. The summed E-state index contributed by atoms with van der Waals surface area (Å²) in [7, 11) is 0. The predicted molar refractivity (Wildman–Crippen MR) is 156 cm³/mol. The van der Waals surface area contributed by atoms with E-state index in [9.17, 15) is 0 Å². The van der Waals surface area contributed by atoms with Crippen LogP contribution in [0.4, 0.5) is 0 Å². The van der Waals surface area contributed by atoms with Gasteiger partial charge in [-0.2, -0.15) is 0 Å². The van der Waals surface area contributed by atoms with E-state index in [1.165, 1.54) is 28.5 Å². The van der Waals surface area contributed by atoms with Crippen LogP contribution in [0.2, 0.25) is 0 Å². The fraction of sp³-hybridized carbons (Fsp3) is 0.343. The number of benzene rings is 3. The van der Waals surface area contributed by atoms with E-state index in [0.29, 0.717) is 16.8 Å². The summed E-state index contributed by atoms with van der Waals surface area (Å²) in [5.41, 5.74) is 6.55. The molecule has 1 aliphatic carbocycles. The molecule has 5 aromatic rings. The number of furan rings is 1. The largest absolute Gasteiger partial charge is 0.455 e. The lowest BCUT2D eigenvalue weighted by atomic mass is 9.55. The van der Waals surface area contributed by atoms with Gasteiger partial charge in [-0.25, -0.2) is 0 Å². The maximum Gasteiger partial charge on any atom is 0.144 e. The minimum absolute atomic E-state index is 0.0702. The molecule has 0 amide bonds. The topological polar surface area (TPSA) is 26.0 Å². The number of hydrogen-bond donors (Lipinski definition) is 0. The first-order chi connectivity index (χ1) is 19.4. The van der Waals surface area contributed by atoms with Gasteiger partial charge in [0, 0.05) is 29.4 Å². The van der Waals surface area contributed by atoms with Gasteiger partial charge >= 0.3 is 0 Å². The summed E-state index contributed by atoms with van der Waals surface area (Å²) < 4.78 is 48.7. The van der Waals surface area contributed by atoms with Crippen LogP contribution in [0.5, 0.6) is 0 Å². The standard InChI is InChI=1S/C35H37NO/c1-21-20-36-30(16-22(21)19-33(2,3)4)25-14-11-13-24-27-17-29-26(18-31(27)37-32(24)25)23-12-9-10-15-28(23)34(5,6)35(29,7)8/h9-18,20H,19H2,1-8H3/i1D3,19D2. The summed E-state index contributed by atoms with van der Waals surface area (Å²) in [5, 5.41) is 1.96. The number of aromatic nitrogens is 1. The van der Waals surface area contributed by atoms with Crippen molar-refractivity contribution < 1.29 is 11.3 Å². The molecule has 2 nitrogen and oxygen atoms in total. The number of para-hydroxylation sites is 1. The van der Waals surface area contributed by atoms with Crippen LogP contribution in [-0.2, 0) is 17.2 Å². The van der Waals surface area contributed by atoms with Crippen molar-refractivity contribution in [3.63, 3.8) is 0 Å². The number of nitrogens with zero attached hydrogens (tertiary/aromatic N) is 1. The highest BCUT2D eigenvalue weighted by Crippen LogP contribution is 2.55. The lowest BCUT2D eigenvalue weighted by Gasteiger charge is -2.48. The monoisotopic (exact) mass is 492 g/mol. The smallest absolute Gasteiger partial charge is 0.144 e. The number of hydrogen-bond acceptors (Lipinski definition) is 2. The van der Waals surface area contributed by atoms with Crippen molar-refractivity contribution >= 4 is 21.9 Å². The van der Waals surface area contributed by atoms with Gasteiger partial charge in [-0.3, -0.25) is 4.98 Å². The fourth-order valence-corrected chi connectivity index (χ4v) is 5.83. The van der Waals surface area contributed by atoms with Gasteiger partial charge in [-0.15, -0.1) is 0 Å². The molecule has 2 heteroatoms. The summed E-state index contributed by atoms with van der Waals surface area (Å²) in [5.74, 6) is 0. The highest BCUT2D eigenvalue weighted by molar-refractivity contribution is 6.10. The number of aryl methyl sites for hydroxylation is 1. The predicted octanol–water partition coefficient (Wildman–Crippen LogP) is 9.78. The second-order valence-electron chi connectivity index (χ2n) is 12.5. The SMILES string of the molecule is [2H]C([2H])([2H])c1cnc(-c2cccc3c2oc2cc4c(cc23)C(C)(C)C(C)(C)c2ccccc2-4)cc1C([2H])([2H])C(C)(C)C. The molecule has 0 N–H and O–H groups in total. The van der Waals surface area contributed by atoms with Gasteiger partial charge in [-0.1, -0.05) is 84.9 Å². The zero-order chi connectivity index (χ0) is 30.6. The van der Waals surface area contributed by atoms with Gasteiger partial charge in [0.2, 0.25) is 0 Å². The Morgan fingerprint density at radius 3 is 2.32 bits per heavy atom. The zero-order valence-electron chi connectivity index (χ0n) is 27.7. The lowest BCUT2D eigenvalue weighted by Crippen LogP contribution is -2.43. The number of rotatable bonds is 2. The second kappa shape index (κ2) is 7.81. The van der Waals surface area contributed by atoms with Crippen LogP contribution in [0.1, 0.15) is 77.6 Å². The van der Waals surface area contributed by atoms with Crippen LogP contribution in [0.3, 0.4) is 0 Å². The van der Waals surface area contributed by atoms with Crippen molar-refractivity contribution in [2.24, 2.45) is 5.41 Å². The van der Waals surface area contributed by atoms with Crippen LogP contribution in [-0.4, -0.2) is 4.98 Å². The molecule has 0 bridgehead atoms. The first kappa shape index (κ1) is 18.8. The quantitative estimate of drug-likeness (QED) is 0.245. The van der Waals surface area contributed by atoms with Gasteiger partial charge < -0.3 is 4.42 Å². The maximum atomic E-state index is 8.94. The molecule has 0 saturated heterocycles. The van der Waals surface area contributed by atoms with Crippen molar-refractivity contribution in [1.82, 2.24) is 4.98 Å². The number of fused-ring (bicyclic) bond motifs is 6. The molecular formula is C35H37NO. The van der Waals surface area contributed by atoms with E-state index in [0.717, 1.165) is 16.4 Å². The van der Waals surface area contributed by atoms with E-state index in [1.807, 2.05) is 18.2 Å². The van der Waals surface area contributed by atoms with Gasteiger partial charge in [0.05, 0.1) is 5.69 Å². The summed E-state index contributed by atoms with van der Waals surface area (Å²) in [6.45, 7) is 12.1. The molecule has 6 rings (SSSR count). The van der Waals surface area contributed by atoms with Crippen molar-refractivity contribution in [2.75, 3.05) is 0 Å². The van der Waals surface area contributed by atoms with Gasteiger partial charge in [0.25, 0.3) is 0 Å². The van der Waals surface area contributed by atoms with Gasteiger partial charge in [-0.05, 0) is 87.1 Å². The number of pyridine rings is 1. The average Bonchev–Trinajstić information content (AvgIpc) is 3.28.